The van der Waals surface area contributed by atoms with E-state index >= 15 is 0 Å². The van der Waals surface area contributed by atoms with Gasteiger partial charge in [-0.3, -0.25) is 9.69 Å². The number of hydrogen-bond donors (Lipinski definition) is 0. The zero-order valence-corrected chi connectivity index (χ0v) is 18.1. The minimum absolute atomic E-state index is 0.0512. The lowest BCUT2D eigenvalue weighted by Gasteiger charge is -2.46. The fourth-order valence-corrected chi connectivity index (χ4v) is 4.44. The van der Waals surface area contributed by atoms with E-state index < -0.39 is 11.7 Å². The van der Waals surface area contributed by atoms with E-state index in [0.717, 1.165) is 12.0 Å². The molecule has 28 heavy (non-hydrogen) atoms. The molecule has 1 aromatic rings. The predicted octanol–water partition coefficient (Wildman–Crippen LogP) is 4.33. The third-order valence-electron chi connectivity index (χ3n) is 5.17. The number of ether oxygens (including phenoxy) is 2. The number of hydrogen-bond acceptors (Lipinski definition) is 4. The summed E-state index contributed by atoms with van der Waals surface area (Å²) in [7, 11) is 1.60. The Morgan fingerprint density at radius 1 is 1.25 bits per heavy atom. The molecule has 6 nitrogen and oxygen atoms in total. The van der Waals surface area contributed by atoms with Gasteiger partial charge in [0.25, 0.3) is 0 Å². The van der Waals surface area contributed by atoms with E-state index in [-0.39, 0.29) is 24.4 Å². The molecular formula is C20H26Cl2N2O4. The monoisotopic (exact) mass is 428 g/mol. The highest BCUT2D eigenvalue weighted by Crippen LogP contribution is 2.44. The Kier molecular flexibility index (Phi) is 6.01. The largest absolute Gasteiger partial charge is 0.496 e. The standard InChI is InChI=1S/C20H26Cl2N2O4/c1-20(2,3)28-19(26)23-10-13-9-12(7-8-24(13)16(25)11-23)17-15(27-4)6-5-14(21)18(17)22/h5-6,12-13H,7-11H2,1-4H3. The smallest absolute Gasteiger partial charge is 0.410 e. The third kappa shape index (κ3) is 4.33. The van der Waals surface area contributed by atoms with Crippen LogP contribution in [0.2, 0.25) is 10.0 Å². The van der Waals surface area contributed by atoms with E-state index in [1.54, 1.807) is 13.2 Å². The summed E-state index contributed by atoms with van der Waals surface area (Å²) in [6.07, 6.45) is 0.994. The molecule has 0 radical (unpaired) electrons. The van der Waals surface area contributed by atoms with Crippen molar-refractivity contribution in [2.24, 2.45) is 0 Å². The van der Waals surface area contributed by atoms with E-state index in [4.69, 9.17) is 32.7 Å². The number of halogens is 2. The molecule has 2 unspecified atom stereocenters. The molecule has 2 atom stereocenters. The molecule has 3 rings (SSSR count). The lowest BCUT2D eigenvalue weighted by molar-refractivity contribution is -0.141. The third-order valence-corrected chi connectivity index (χ3v) is 5.98. The first kappa shape index (κ1) is 21.1. The van der Waals surface area contributed by atoms with Crippen molar-refractivity contribution in [3.63, 3.8) is 0 Å². The second kappa shape index (κ2) is 7.99. The first-order chi connectivity index (χ1) is 13.1. The maximum Gasteiger partial charge on any atom is 0.410 e. The predicted molar refractivity (Wildman–Crippen MR) is 108 cm³/mol. The van der Waals surface area contributed by atoms with Crippen LogP contribution >= 0.6 is 23.2 Å². The van der Waals surface area contributed by atoms with Gasteiger partial charge >= 0.3 is 6.09 Å². The van der Waals surface area contributed by atoms with Gasteiger partial charge in [0, 0.05) is 18.7 Å². The van der Waals surface area contributed by atoms with Gasteiger partial charge in [-0.2, -0.15) is 0 Å². The van der Waals surface area contributed by atoms with Crippen LogP contribution in [0.15, 0.2) is 12.1 Å². The number of amides is 2. The highest BCUT2D eigenvalue weighted by atomic mass is 35.5. The Balaban J connectivity index is 1.80. The highest BCUT2D eigenvalue weighted by Gasteiger charge is 2.41. The van der Waals surface area contributed by atoms with Gasteiger partial charge in [0.2, 0.25) is 5.91 Å². The zero-order valence-electron chi connectivity index (χ0n) is 16.6. The molecule has 2 heterocycles. The molecular weight excluding hydrogens is 403 g/mol. The van der Waals surface area contributed by atoms with Crippen molar-refractivity contribution < 1.29 is 19.1 Å². The number of piperidine rings is 1. The molecule has 2 saturated heterocycles. The van der Waals surface area contributed by atoms with Gasteiger partial charge in [0.15, 0.2) is 0 Å². The average molecular weight is 429 g/mol. The topological polar surface area (TPSA) is 59.1 Å². The molecule has 8 heteroatoms. The number of methoxy groups -OCH3 is 1. The minimum atomic E-state index is -0.603. The summed E-state index contributed by atoms with van der Waals surface area (Å²) >= 11 is 12.7. The molecule has 0 spiro atoms. The van der Waals surface area contributed by atoms with Crippen LogP contribution in [0, 0.1) is 0 Å². The maximum absolute atomic E-state index is 12.6. The van der Waals surface area contributed by atoms with Crippen LogP contribution in [0.25, 0.3) is 0 Å². The number of carbonyl (C=O) groups is 2. The summed E-state index contributed by atoms with van der Waals surface area (Å²) in [5.41, 5.74) is 0.270. The Bertz CT molecular complexity index is 778. The van der Waals surface area contributed by atoms with E-state index in [0.29, 0.717) is 35.3 Å². The van der Waals surface area contributed by atoms with Crippen molar-refractivity contribution in [2.45, 2.75) is 51.2 Å². The average Bonchev–Trinajstić information content (AvgIpc) is 2.61. The van der Waals surface area contributed by atoms with Crippen LogP contribution in [-0.4, -0.2) is 60.2 Å². The SMILES string of the molecule is COc1ccc(Cl)c(Cl)c1C1CCN2C(=O)CN(C(=O)OC(C)(C)C)CC2C1. The molecule has 0 bridgehead atoms. The lowest BCUT2D eigenvalue weighted by Crippen LogP contribution is -2.60. The summed E-state index contributed by atoms with van der Waals surface area (Å²) in [6, 6.07) is 3.44. The fourth-order valence-electron chi connectivity index (χ4n) is 3.96. The van der Waals surface area contributed by atoms with Crippen LogP contribution in [-0.2, 0) is 9.53 Å². The lowest BCUT2D eigenvalue weighted by atomic mass is 9.83. The number of benzene rings is 1. The van der Waals surface area contributed by atoms with Crippen molar-refractivity contribution >= 4 is 35.2 Å². The molecule has 0 aliphatic carbocycles. The van der Waals surface area contributed by atoms with Gasteiger partial charge in [0.1, 0.15) is 17.9 Å². The van der Waals surface area contributed by atoms with Crippen molar-refractivity contribution in [3.8, 4) is 5.75 Å². The number of rotatable bonds is 2. The first-order valence-electron chi connectivity index (χ1n) is 9.40. The van der Waals surface area contributed by atoms with E-state index in [1.807, 2.05) is 31.7 Å². The molecule has 0 aromatic heterocycles. The van der Waals surface area contributed by atoms with Crippen LogP contribution in [0.1, 0.15) is 45.1 Å². The van der Waals surface area contributed by atoms with E-state index in [2.05, 4.69) is 0 Å². The van der Waals surface area contributed by atoms with Crippen LogP contribution in [0.5, 0.6) is 5.75 Å². The second-order valence-corrected chi connectivity index (χ2v) is 9.09. The summed E-state index contributed by atoms with van der Waals surface area (Å²) in [5.74, 6) is 0.734. The Morgan fingerprint density at radius 3 is 2.61 bits per heavy atom. The number of nitrogens with zero attached hydrogens (tertiary/aromatic N) is 2. The van der Waals surface area contributed by atoms with Gasteiger partial charge in [-0.25, -0.2) is 4.79 Å². The van der Waals surface area contributed by atoms with Crippen molar-refractivity contribution in [1.29, 1.82) is 0 Å². The Labute approximate surface area is 175 Å². The van der Waals surface area contributed by atoms with Crippen molar-refractivity contribution in [3.05, 3.63) is 27.7 Å². The van der Waals surface area contributed by atoms with Gasteiger partial charge in [-0.15, -0.1) is 0 Å². The van der Waals surface area contributed by atoms with Gasteiger partial charge in [0.05, 0.1) is 23.2 Å². The van der Waals surface area contributed by atoms with Crippen LogP contribution in [0.4, 0.5) is 4.79 Å². The quantitative estimate of drug-likeness (QED) is 0.703. The minimum Gasteiger partial charge on any atom is -0.496 e. The number of fused-ring (bicyclic) bond motifs is 1. The fraction of sp³-hybridized carbons (Fsp3) is 0.600. The van der Waals surface area contributed by atoms with Crippen molar-refractivity contribution in [2.75, 3.05) is 26.7 Å². The molecule has 2 amide bonds. The molecule has 154 valence electrons. The second-order valence-electron chi connectivity index (χ2n) is 8.30. The zero-order chi connectivity index (χ0) is 20.6. The molecule has 2 fully saturated rings. The highest BCUT2D eigenvalue weighted by molar-refractivity contribution is 6.42. The summed E-state index contributed by atoms with van der Waals surface area (Å²) in [6.45, 7) is 6.55. The van der Waals surface area contributed by atoms with Crippen LogP contribution in [0.3, 0.4) is 0 Å². The van der Waals surface area contributed by atoms with E-state index in [1.165, 1.54) is 4.90 Å². The molecule has 1 aromatic carbocycles. The maximum atomic E-state index is 12.6. The first-order valence-corrected chi connectivity index (χ1v) is 10.2. The molecule has 0 saturated carbocycles. The summed E-state index contributed by atoms with van der Waals surface area (Å²) in [5, 5.41) is 0.973. The summed E-state index contributed by atoms with van der Waals surface area (Å²) in [4.78, 5) is 28.4. The molecule has 2 aliphatic rings. The molecule has 0 N–H and O–H groups in total. The van der Waals surface area contributed by atoms with E-state index in [9.17, 15) is 9.59 Å². The Morgan fingerprint density at radius 2 is 1.96 bits per heavy atom. The van der Waals surface area contributed by atoms with Crippen LogP contribution < -0.4 is 4.74 Å². The Hall–Kier alpha value is -1.66. The van der Waals surface area contributed by atoms with Gasteiger partial charge < -0.3 is 14.4 Å². The van der Waals surface area contributed by atoms with Gasteiger partial charge in [-0.1, -0.05) is 23.2 Å². The van der Waals surface area contributed by atoms with Crippen molar-refractivity contribution in [1.82, 2.24) is 9.80 Å². The number of carbonyl (C=O) groups excluding carboxylic acids is 2. The summed E-state index contributed by atoms with van der Waals surface area (Å²) < 4.78 is 10.9. The van der Waals surface area contributed by atoms with Gasteiger partial charge in [-0.05, 0) is 51.7 Å². The normalized spacial score (nSPS) is 22.7. The number of piperazine rings is 1. The molecule has 2 aliphatic heterocycles.